The van der Waals surface area contributed by atoms with Gasteiger partial charge in [0.05, 0.1) is 24.5 Å². The molecule has 0 aliphatic heterocycles. The van der Waals surface area contributed by atoms with Crippen LogP contribution in [0.3, 0.4) is 0 Å². The second kappa shape index (κ2) is 5.66. The number of ether oxygens (including phenoxy) is 1. The molecule has 0 atom stereocenters. The number of aromatic nitrogens is 2. The Hall–Kier alpha value is -2.82. The molecule has 3 aromatic rings. The van der Waals surface area contributed by atoms with E-state index in [9.17, 15) is 4.79 Å². The number of imidazole rings is 1. The van der Waals surface area contributed by atoms with Gasteiger partial charge in [0.15, 0.2) is 0 Å². The number of carbonyl (C=O) groups excluding carboxylic acids is 1. The quantitative estimate of drug-likeness (QED) is 0.772. The molecule has 0 aliphatic carbocycles. The van der Waals surface area contributed by atoms with Gasteiger partial charge in [-0.25, -0.2) is 4.98 Å². The average molecular weight is 281 g/mol. The van der Waals surface area contributed by atoms with E-state index in [0.29, 0.717) is 12.1 Å². The van der Waals surface area contributed by atoms with Crippen LogP contribution in [0.15, 0.2) is 48.8 Å². The molecule has 106 valence electrons. The molecular formula is C16H15N3O2. The molecule has 0 fully saturated rings. The standard InChI is InChI=1S/C16H15N3O2/c1-21-13-5-3-12(4-6-13)16(20)17-9-11-2-7-14-15(8-11)19-10-18-14/h2-8,10H,9H2,1H3,(H,17,20)(H,18,19). The fourth-order valence-corrected chi connectivity index (χ4v) is 2.12. The van der Waals surface area contributed by atoms with Crippen LogP contribution in [0.25, 0.3) is 11.0 Å². The fourth-order valence-electron chi connectivity index (χ4n) is 2.12. The molecule has 21 heavy (non-hydrogen) atoms. The minimum absolute atomic E-state index is 0.109. The van der Waals surface area contributed by atoms with Crippen molar-refractivity contribution in [3.05, 3.63) is 59.9 Å². The number of carbonyl (C=O) groups is 1. The summed E-state index contributed by atoms with van der Waals surface area (Å²) in [6, 6.07) is 12.9. The molecular weight excluding hydrogens is 266 g/mol. The Morgan fingerprint density at radius 3 is 2.81 bits per heavy atom. The number of nitrogens with zero attached hydrogens (tertiary/aromatic N) is 1. The molecule has 2 N–H and O–H groups in total. The van der Waals surface area contributed by atoms with Crippen LogP contribution in [-0.2, 0) is 6.54 Å². The number of H-pyrrole nitrogens is 1. The number of rotatable bonds is 4. The summed E-state index contributed by atoms with van der Waals surface area (Å²) in [6.07, 6.45) is 1.66. The van der Waals surface area contributed by atoms with Crippen molar-refractivity contribution in [2.45, 2.75) is 6.54 Å². The summed E-state index contributed by atoms with van der Waals surface area (Å²) >= 11 is 0. The van der Waals surface area contributed by atoms with Gasteiger partial charge in [-0.3, -0.25) is 4.79 Å². The highest BCUT2D eigenvalue weighted by Gasteiger charge is 2.06. The molecule has 1 heterocycles. The van der Waals surface area contributed by atoms with E-state index in [4.69, 9.17) is 4.74 Å². The van der Waals surface area contributed by atoms with Crippen molar-refractivity contribution in [3.8, 4) is 5.75 Å². The molecule has 0 unspecified atom stereocenters. The predicted octanol–water partition coefficient (Wildman–Crippen LogP) is 2.50. The zero-order valence-electron chi connectivity index (χ0n) is 11.6. The summed E-state index contributed by atoms with van der Waals surface area (Å²) in [5, 5.41) is 2.90. The molecule has 1 amide bonds. The minimum Gasteiger partial charge on any atom is -0.497 e. The first kappa shape index (κ1) is 13.2. The van der Waals surface area contributed by atoms with Crippen LogP contribution in [0.5, 0.6) is 5.75 Å². The Balaban J connectivity index is 1.66. The fraction of sp³-hybridized carbons (Fsp3) is 0.125. The lowest BCUT2D eigenvalue weighted by molar-refractivity contribution is 0.0951. The maximum atomic E-state index is 12.1. The first-order valence-corrected chi connectivity index (χ1v) is 6.60. The minimum atomic E-state index is -0.109. The molecule has 0 saturated heterocycles. The van der Waals surface area contributed by atoms with Crippen molar-refractivity contribution in [1.29, 1.82) is 0 Å². The summed E-state index contributed by atoms with van der Waals surface area (Å²) in [5.41, 5.74) is 3.51. The van der Waals surface area contributed by atoms with Crippen LogP contribution in [0.4, 0.5) is 0 Å². The smallest absolute Gasteiger partial charge is 0.251 e. The van der Waals surface area contributed by atoms with Gasteiger partial charge < -0.3 is 15.0 Å². The number of benzene rings is 2. The Kier molecular flexibility index (Phi) is 3.55. The number of fused-ring (bicyclic) bond motifs is 1. The van der Waals surface area contributed by atoms with Crippen LogP contribution in [-0.4, -0.2) is 23.0 Å². The van der Waals surface area contributed by atoms with E-state index in [1.165, 1.54) is 0 Å². The maximum Gasteiger partial charge on any atom is 0.251 e. The van der Waals surface area contributed by atoms with Crippen molar-refractivity contribution in [2.24, 2.45) is 0 Å². The topological polar surface area (TPSA) is 67.0 Å². The van der Waals surface area contributed by atoms with Gasteiger partial charge in [0.1, 0.15) is 5.75 Å². The van der Waals surface area contributed by atoms with Crippen LogP contribution in [0.1, 0.15) is 15.9 Å². The van der Waals surface area contributed by atoms with E-state index in [0.717, 1.165) is 22.3 Å². The van der Waals surface area contributed by atoms with E-state index < -0.39 is 0 Å². The summed E-state index contributed by atoms with van der Waals surface area (Å²) in [6.45, 7) is 0.472. The first-order valence-electron chi connectivity index (χ1n) is 6.60. The maximum absolute atomic E-state index is 12.1. The van der Waals surface area contributed by atoms with Gasteiger partial charge in [-0.1, -0.05) is 6.07 Å². The Bertz CT molecular complexity index is 763. The third-order valence-electron chi connectivity index (χ3n) is 3.29. The number of methoxy groups -OCH3 is 1. The van der Waals surface area contributed by atoms with Crippen LogP contribution < -0.4 is 10.1 Å². The normalized spacial score (nSPS) is 10.5. The monoisotopic (exact) mass is 281 g/mol. The largest absolute Gasteiger partial charge is 0.497 e. The highest BCUT2D eigenvalue weighted by Crippen LogP contribution is 2.13. The zero-order chi connectivity index (χ0) is 14.7. The van der Waals surface area contributed by atoms with Crippen LogP contribution >= 0.6 is 0 Å². The van der Waals surface area contributed by atoms with E-state index in [2.05, 4.69) is 15.3 Å². The number of hydrogen-bond acceptors (Lipinski definition) is 3. The van der Waals surface area contributed by atoms with Gasteiger partial charge in [0, 0.05) is 12.1 Å². The SMILES string of the molecule is COc1ccc(C(=O)NCc2ccc3nc[nH]c3c2)cc1. The second-order valence-corrected chi connectivity index (χ2v) is 4.67. The Morgan fingerprint density at radius 2 is 2.05 bits per heavy atom. The summed E-state index contributed by atoms with van der Waals surface area (Å²) in [5.74, 6) is 0.624. The molecule has 5 heteroatoms. The van der Waals surface area contributed by atoms with Crippen molar-refractivity contribution < 1.29 is 9.53 Å². The van der Waals surface area contributed by atoms with E-state index >= 15 is 0 Å². The molecule has 0 aliphatic rings. The van der Waals surface area contributed by atoms with Crippen molar-refractivity contribution in [3.63, 3.8) is 0 Å². The van der Waals surface area contributed by atoms with E-state index in [1.807, 2.05) is 18.2 Å². The number of amides is 1. The van der Waals surface area contributed by atoms with Gasteiger partial charge in [0.25, 0.3) is 5.91 Å². The van der Waals surface area contributed by atoms with Crippen molar-refractivity contribution in [1.82, 2.24) is 15.3 Å². The average Bonchev–Trinajstić information content (AvgIpc) is 3.00. The lowest BCUT2D eigenvalue weighted by atomic mass is 10.1. The third-order valence-corrected chi connectivity index (χ3v) is 3.29. The third kappa shape index (κ3) is 2.86. The van der Waals surface area contributed by atoms with Gasteiger partial charge in [0.2, 0.25) is 0 Å². The highest BCUT2D eigenvalue weighted by molar-refractivity contribution is 5.94. The van der Waals surface area contributed by atoms with Crippen LogP contribution in [0, 0.1) is 0 Å². The Labute approximate surface area is 122 Å². The summed E-state index contributed by atoms with van der Waals surface area (Å²) < 4.78 is 5.07. The molecule has 0 radical (unpaired) electrons. The molecule has 3 rings (SSSR count). The number of nitrogens with one attached hydrogen (secondary N) is 2. The molecule has 1 aromatic heterocycles. The number of hydrogen-bond donors (Lipinski definition) is 2. The summed E-state index contributed by atoms with van der Waals surface area (Å²) in [4.78, 5) is 19.3. The van der Waals surface area contributed by atoms with Crippen molar-refractivity contribution >= 4 is 16.9 Å². The highest BCUT2D eigenvalue weighted by atomic mass is 16.5. The van der Waals surface area contributed by atoms with Crippen LogP contribution in [0.2, 0.25) is 0 Å². The first-order chi connectivity index (χ1) is 10.3. The predicted molar refractivity (Wildman–Crippen MR) is 80.3 cm³/mol. The van der Waals surface area contributed by atoms with E-state index in [1.54, 1.807) is 37.7 Å². The summed E-state index contributed by atoms with van der Waals surface area (Å²) in [7, 11) is 1.60. The van der Waals surface area contributed by atoms with Crippen molar-refractivity contribution in [2.75, 3.05) is 7.11 Å². The zero-order valence-corrected chi connectivity index (χ0v) is 11.6. The molecule has 5 nitrogen and oxygen atoms in total. The molecule has 0 saturated carbocycles. The van der Waals surface area contributed by atoms with Gasteiger partial charge in [-0.15, -0.1) is 0 Å². The van der Waals surface area contributed by atoms with Gasteiger partial charge in [-0.05, 0) is 42.0 Å². The lowest BCUT2D eigenvalue weighted by Gasteiger charge is -2.06. The second-order valence-electron chi connectivity index (χ2n) is 4.67. The van der Waals surface area contributed by atoms with E-state index in [-0.39, 0.29) is 5.91 Å². The molecule has 0 spiro atoms. The number of aromatic amines is 1. The van der Waals surface area contributed by atoms with Gasteiger partial charge >= 0.3 is 0 Å². The molecule has 2 aromatic carbocycles. The molecule has 0 bridgehead atoms. The van der Waals surface area contributed by atoms with Gasteiger partial charge in [-0.2, -0.15) is 0 Å². The Morgan fingerprint density at radius 1 is 1.24 bits per heavy atom. The lowest BCUT2D eigenvalue weighted by Crippen LogP contribution is -2.22.